The minimum atomic E-state index is 0.292. The monoisotopic (exact) mass is 550 g/mol. The highest BCUT2D eigenvalue weighted by molar-refractivity contribution is 8.78. The molecule has 1 aromatic rings. The highest BCUT2D eigenvalue weighted by Crippen LogP contribution is 2.48. The second-order valence-electron chi connectivity index (χ2n) is 10.4. The van der Waals surface area contributed by atoms with Crippen molar-refractivity contribution in [3.05, 3.63) is 0 Å². The van der Waals surface area contributed by atoms with Crippen LogP contribution < -0.4 is 0 Å². The minimum absolute atomic E-state index is 0.292. The van der Waals surface area contributed by atoms with Crippen molar-refractivity contribution in [3.63, 3.8) is 0 Å². The smallest absolute Gasteiger partial charge is 0.130 e. The highest BCUT2D eigenvalue weighted by Gasteiger charge is 2.22. The zero-order chi connectivity index (χ0) is 24.4. The van der Waals surface area contributed by atoms with E-state index in [0.29, 0.717) is 9.49 Å². The Hall–Kier alpha value is 0.960. The number of aromatic nitrogens is 2. The second-order valence-corrected chi connectivity index (χ2v) is 17.6. The summed E-state index contributed by atoms with van der Waals surface area (Å²) in [5.41, 5.74) is 0. The van der Waals surface area contributed by atoms with Crippen LogP contribution in [0, 0.1) is 0 Å². The Labute approximate surface area is 226 Å². The number of rotatable bonds is 22. The molecule has 1 heterocycles. The van der Waals surface area contributed by atoms with E-state index >= 15 is 0 Å². The summed E-state index contributed by atoms with van der Waals surface area (Å²) in [5.74, 6) is 0. The molecular formula is C26H50N2S5. The summed E-state index contributed by atoms with van der Waals surface area (Å²) >= 11 is 1.76. The van der Waals surface area contributed by atoms with Gasteiger partial charge < -0.3 is 0 Å². The lowest BCUT2D eigenvalue weighted by atomic mass is 10.0. The molecule has 33 heavy (non-hydrogen) atoms. The van der Waals surface area contributed by atoms with E-state index in [2.05, 4.69) is 51.7 Å². The summed E-state index contributed by atoms with van der Waals surface area (Å²) < 4.78 is 2.78. The predicted molar refractivity (Wildman–Crippen MR) is 160 cm³/mol. The number of nitrogens with zero attached hydrogens (tertiary/aromatic N) is 2. The lowest BCUT2D eigenvalue weighted by Crippen LogP contribution is -2.12. The van der Waals surface area contributed by atoms with Crippen molar-refractivity contribution in [2.24, 2.45) is 0 Å². The molecule has 0 spiro atoms. The Kier molecular flexibility index (Phi) is 18.5. The van der Waals surface area contributed by atoms with Crippen LogP contribution in [-0.4, -0.2) is 19.7 Å². The van der Waals surface area contributed by atoms with Gasteiger partial charge in [-0.1, -0.05) is 137 Å². The van der Waals surface area contributed by atoms with Crippen LogP contribution in [0.3, 0.4) is 0 Å². The quantitative estimate of drug-likeness (QED) is 0.105. The van der Waals surface area contributed by atoms with E-state index in [4.69, 9.17) is 0 Å². The van der Waals surface area contributed by atoms with Crippen LogP contribution in [0.15, 0.2) is 8.68 Å². The van der Waals surface area contributed by atoms with Crippen LogP contribution in [-0.2, 0) is 0 Å². The van der Waals surface area contributed by atoms with E-state index in [1.165, 1.54) is 103 Å². The van der Waals surface area contributed by atoms with E-state index in [1.807, 2.05) is 43.2 Å². The van der Waals surface area contributed by atoms with Gasteiger partial charge in [0.2, 0.25) is 0 Å². The van der Waals surface area contributed by atoms with Gasteiger partial charge in [0, 0.05) is 9.49 Å². The molecule has 7 heteroatoms. The van der Waals surface area contributed by atoms with Gasteiger partial charge in [-0.3, -0.25) is 0 Å². The lowest BCUT2D eigenvalue weighted by Gasteiger charge is -2.22. The summed E-state index contributed by atoms with van der Waals surface area (Å²) in [6.07, 6.45) is 21.9. The van der Waals surface area contributed by atoms with Crippen LogP contribution in [0.25, 0.3) is 0 Å². The number of hydrogen-bond donors (Lipinski definition) is 0. The fourth-order valence-corrected chi connectivity index (χ4v) is 9.78. The molecule has 0 radical (unpaired) electrons. The van der Waals surface area contributed by atoms with Crippen LogP contribution >= 0.6 is 54.5 Å². The first kappa shape index (κ1) is 32.0. The molecular weight excluding hydrogens is 501 g/mol. The van der Waals surface area contributed by atoms with Crippen LogP contribution in [0.4, 0.5) is 0 Å². The molecule has 0 aliphatic heterocycles. The third-order valence-corrected chi connectivity index (χ3v) is 14.1. The van der Waals surface area contributed by atoms with Crippen molar-refractivity contribution < 1.29 is 0 Å². The van der Waals surface area contributed by atoms with Gasteiger partial charge in [-0.15, -0.1) is 10.2 Å². The Morgan fingerprint density at radius 2 is 0.879 bits per heavy atom. The summed E-state index contributed by atoms with van der Waals surface area (Å²) in [6.45, 7) is 14.1. The van der Waals surface area contributed by atoms with E-state index in [0.717, 1.165) is 8.68 Å². The Bertz CT molecular complexity index is 540. The van der Waals surface area contributed by atoms with E-state index in [9.17, 15) is 0 Å². The van der Waals surface area contributed by atoms with Gasteiger partial charge in [0.1, 0.15) is 0 Å². The Morgan fingerprint density at radius 1 is 0.545 bits per heavy atom. The minimum Gasteiger partial charge on any atom is -0.130 e. The van der Waals surface area contributed by atoms with Gasteiger partial charge in [0.25, 0.3) is 0 Å². The molecule has 0 saturated heterocycles. The Morgan fingerprint density at radius 3 is 1.24 bits per heavy atom. The molecule has 0 N–H and O–H groups in total. The van der Waals surface area contributed by atoms with Crippen LogP contribution in [0.2, 0.25) is 0 Å². The van der Waals surface area contributed by atoms with Gasteiger partial charge in [-0.25, -0.2) is 0 Å². The molecule has 0 aliphatic rings. The van der Waals surface area contributed by atoms with Gasteiger partial charge in [-0.2, -0.15) is 0 Å². The van der Waals surface area contributed by atoms with Gasteiger partial charge in [0.05, 0.1) is 0 Å². The number of hydrogen-bond acceptors (Lipinski definition) is 7. The standard InChI is InChI=1S/C26H50N2S5/c1-7-9-11-13-15-17-19-21-25(3,4)32-30-23-27-28-24(29-23)31-33-26(5,6)22-20-18-16-14-12-10-8-2/h7-22H2,1-6H3. The zero-order valence-corrected chi connectivity index (χ0v) is 26.3. The first-order chi connectivity index (χ1) is 15.8. The molecule has 2 nitrogen and oxygen atoms in total. The highest BCUT2D eigenvalue weighted by atomic mass is 33.1. The van der Waals surface area contributed by atoms with Crippen LogP contribution in [0.5, 0.6) is 0 Å². The summed E-state index contributed by atoms with van der Waals surface area (Å²) in [5, 5.41) is 8.89. The first-order valence-electron chi connectivity index (χ1n) is 13.3. The molecule has 0 atom stereocenters. The Balaban J connectivity index is 2.20. The fourth-order valence-electron chi connectivity index (χ4n) is 3.66. The maximum atomic E-state index is 4.45. The summed E-state index contributed by atoms with van der Waals surface area (Å²) in [6, 6.07) is 0. The average molecular weight is 551 g/mol. The molecule has 0 amide bonds. The van der Waals surface area contributed by atoms with Gasteiger partial charge in [-0.05, 0) is 62.1 Å². The third kappa shape index (κ3) is 17.9. The van der Waals surface area contributed by atoms with Crippen LogP contribution in [0.1, 0.15) is 144 Å². The van der Waals surface area contributed by atoms with Gasteiger partial charge >= 0.3 is 0 Å². The fraction of sp³-hybridized carbons (Fsp3) is 0.923. The molecule has 194 valence electrons. The van der Waals surface area contributed by atoms with Crippen molar-refractivity contribution >= 4 is 54.5 Å². The van der Waals surface area contributed by atoms with Crippen molar-refractivity contribution in [1.82, 2.24) is 10.2 Å². The lowest BCUT2D eigenvalue weighted by molar-refractivity contribution is 0.538. The average Bonchev–Trinajstić information content (AvgIpc) is 3.23. The second kappa shape index (κ2) is 19.1. The molecule has 0 aliphatic carbocycles. The van der Waals surface area contributed by atoms with Crippen molar-refractivity contribution in [1.29, 1.82) is 0 Å². The van der Waals surface area contributed by atoms with Crippen molar-refractivity contribution in [2.45, 2.75) is 162 Å². The van der Waals surface area contributed by atoms with E-state index in [1.54, 1.807) is 11.3 Å². The van der Waals surface area contributed by atoms with Crippen molar-refractivity contribution in [2.75, 3.05) is 0 Å². The van der Waals surface area contributed by atoms with E-state index < -0.39 is 0 Å². The molecule has 0 fully saturated rings. The normalized spacial score (nSPS) is 12.5. The SMILES string of the molecule is CCCCCCCCCC(C)(C)SSc1nnc(SSC(C)(C)CCCCCCCCC)s1. The maximum absolute atomic E-state index is 4.45. The summed E-state index contributed by atoms with van der Waals surface area (Å²) in [4.78, 5) is 0. The molecule has 0 saturated carbocycles. The molecule has 0 unspecified atom stereocenters. The van der Waals surface area contributed by atoms with Crippen molar-refractivity contribution in [3.8, 4) is 0 Å². The first-order valence-corrected chi connectivity index (χ1v) is 18.4. The maximum Gasteiger partial charge on any atom is 0.185 e. The molecule has 0 bridgehead atoms. The topological polar surface area (TPSA) is 25.8 Å². The predicted octanol–water partition coefficient (Wildman–Crippen LogP) is 11.9. The molecule has 1 aromatic heterocycles. The largest absolute Gasteiger partial charge is 0.185 e. The summed E-state index contributed by atoms with van der Waals surface area (Å²) in [7, 11) is 7.58. The number of unbranched alkanes of at least 4 members (excludes halogenated alkanes) is 12. The van der Waals surface area contributed by atoms with E-state index in [-0.39, 0.29) is 0 Å². The molecule has 0 aromatic carbocycles. The molecule has 1 rings (SSSR count). The third-order valence-electron chi connectivity index (χ3n) is 5.83. The van der Waals surface area contributed by atoms with Gasteiger partial charge in [0.15, 0.2) is 8.68 Å². The zero-order valence-electron chi connectivity index (χ0n) is 22.2.